The molecule has 1 aliphatic rings. The Morgan fingerprint density at radius 2 is 1.84 bits per heavy atom. The fraction of sp³-hybridized carbons (Fsp3) is 0.385. The number of rotatable bonds is 3. The zero-order valence-electron chi connectivity index (χ0n) is 10.7. The maximum absolute atomic E-state index is 12.0. The first-order valence-electron chi connectivity index (χ1n) is 6.15. The first kappa shape index (κ1) is 13.7. The third kappa shape index (κ3) is 2.81. The lowest BCUT2D eigenvalue weighted by molar-refractivity contribution is -0.156. The Kier molecular flexibility index (Phi) is 3.95. The Morgan fingerprint density at radius 1 is 1.21 bits per heavy atom. The van der Waals surface area contributed by atoms with E-state index in [4.69, 9.17) is 17.3 Å². The van der Waals surface area contributed by atoms with Gasteiger partial charge in [-0.15, -0.1) is 0 Å². The number of anilines is 1. The minimum absolute atomic E-state index is 0.314. The molecule has 2 amide bonds. The van der Waals surface area contributed by atoms with E-state index in [1.165, 1.54) is 4.90 Å². The van der Waals surface area contributed by atoms with Crippen molar-refractivity contribution in [1.29, 1.82) is 0 Å². The number of nitrogens with two attached hydrogens (primary N) is 1. The lowest BCUT2D eigenvalue weighted by atomic mass is 10.1. The van der Waals surface area contributed by atoms with Crippen molar-refractivity contribution in [2.45, 2.75) is 13.5 Å². The zero-order valence-corrected chi connectivity index (χ0v) is 11.5. The smallest absolute Gasteiger partial charge is 0.312 e. The minimum atomic E-state index is -0.479. The van der Waals surface area contributed by atoms with Crippen molar-refractivity contribution in [3.8, 4) is 0 Å². The van der Waals surface area contributed by atoms with Gasteiger partial charge in [-0.25, -0.2) is 0 Å². The van der Waals surface area contributed by atoms with Crippen molar-refractivity contribution in [3.63, 3.8) is 0 Å². The number of nitrogens with zero attached hydrogens (tertiary/aromatic N) is 2. The van der Waals surface area contributed by atoms with E-state index >= 15 is 0 Å². The monoisotopic (exact) mass is 281 g/mol. The van der Waals surface area contributed by atoms with Crippen LogP contribution in [-0.4, -0.2) is 41.2 Å². The molecule has 19 heavy (non-hydrogen) atoms. The number of piperazine rings is 1. The van der Waals surface area contributed by atoms with Crippen molar-refractivity contribution in [3.05, 3.63) is 28.8 Å². The van der Waals surface area contributed by atoms with Gasteiger partial charge in [-0.05, 0) is 30.7 Å². The molecule has 0 radical (unpaired) electrons. The van der Waals surface area contributed by atoms with Crippen molar-refractivity contribution in [2.24, 2.45) is 0 Å². The molecule has 2 rings (SSSR count). The molecule has 0 aromatic heterocycles. The summed E-state index contributed by atoms with van der Waals surface area (Å²) in [7, 11) is 0. The average Bonchev–Trinajstić information content (AvgIpc) is 2.39. The van der Waals surface area contributed by atoms with E-state index in [1.807, 2.05) is 6.92 Å². The molecule has 5 nitrogen and oxygen atoms in total. The molecule has 102 valence electrons. The molecule has 1 aliphatic heterocycles. The second-order valence-electron chi connectivity index (χ2n) is 4.45. The molecule has 1 aromatic rings. The van der Waals surface area contributed by atoms with Crippen molar-refractivity contribution >= 4 is 29.1 Å². The normalized spacial score (nSPS) is 16.1. The number of halogens is 1. The van der Waals surface area contributed by atoms with Crippen molar-refractivity contribution < 1.29 is 9.59 Å². The van der Waals surface area contributed by atoms with Gasteiger partial charge >= 0.3 is 11.8 Å². The van der Waals surface area contributed by atoms with Crippen LogP contribution in [0.15, 0.2) is 18.2 Å². The summed E-state index contributed by atoms with van der Waals surface area (Å²) in [6.45, 7) is 3.80. The van der Waals surface area contributed by atoms with Crippen molar-refractivity contribution in [2.75, 3.05) is 25.4 Å². The van der Waals surface area contributed by atoms with Crippen LogP contribution in [0.25, 0.3) is 0 Å². The average molecular weight is 282 g/mol. The molecule has 2 N–H and O–H groups in total. The number of amides is 2. The Balaban J connectivity index is 2.14. The highest BCUT2D eigenvalue weighted by atomic mass is 35.5. The lowest BCUT2D eigenvalue weighted by Gasteiger charge is -2.33. The molecule has 0 bridgehead atoms. The lowest BCUT2D eigenvalue weighted by Crippen LogP contribution is -2.53. The fourth-order valence-corrected chi connectivity index (χ4v) is 2.28. The molecule has 0 saturated carbocycles. The van der Waals surface area contributed by atoms with Gasteiger partial charge in [-0.1, -0.05) is 11.6 Å². The van der Waals surface area contributed by atoms with Gasteiger partial charge in [0.1, 0.15) is 0 Å². The van der Waals surface area contributed by atoms with E-state index in [0.717, 1.165) is 5.56 Å². The number of carbonyl (C=O) groups excluding carboxylic acids is 2. The van der Waals surface area contributed by atoms with Crippen LogP contribution in [-0.2, 0) is 16.1 Å². The van der Waals surface area contributed by atoms with Crippen LogP contribution < -0.4 is 5.73 Å². The first-order valence-corrected chi connectivity index (χ1v) is 6.52. The van der Waals surface area contributed by atoms with Gasteiger partial charge in [0.05, 0.1) is 0 Å². The van der Waals surface area contributed by atoms with Gasteiger partial charge in [0.2, 0.25) is 0 Å². The molecule has 1 saturated heterocycles. The van der Waals surface area contributed by atoms with Gasteiger partial charge in [0, 0.05) is 36.9 Å². The standard InChI is InChI=1S/C13H16ClN3O2/c1-2-16-5-6-17(13(19)12(16)18)8-9-7-10(14)3-4-11(9)15/h3-4,7H,2,5-6,8,15H2,1H3. The van der Waals surface area contributed by atoms with Crippen LogP contribution in [0.4, 0.5) is 5.69 Å². The Bertz CT molecular complexity index is 519. The molecule has 1 aromatic carbocycles. The molecule has 1 fully saturated rings. The third-order valence-corrected chi connectivity index (χ3v) is 3.48. The Morgan fingerprint density at radius 3 is 2.53 bits per heavy atom. The van der Waals surface area contributed by atoms with E-state index < -0.39 is 11.8 Å². The summed E-state index contributed by atoms with van der Waals surface area (Å²) in [5.41, 5.74) is 7.18. The predicted octanol–water partition coefficient (Wildman–Crippen LogP) is 1.11. The molecule has 1 heterocycles. The number of likely N-dealkylation sites (N-methyl/N-ethyl adjacent to an activating group) is 1. The molecular weight excluding hydrogens is 266 g/mol. The highest BCUT2D eigenvalue weighted by Crippen LogP contribution is 2.20. The highest BCUT2D eigenvalue weighted by Gasteiger charge is 2.31. The van der Waals surface area contributed by atoms with Crippen LogP contribution in [0, 0.1) is 0 Å². The van der Waals surface area contributed by atoms with Crippen LogP contribution in [0.3, 0.4) is 0 Å². The maximum atomic E-state index is 12.0. The summed E-state index contributed by atoms with van der Waals surface area (Å²) < 4.78 is 0. The van der Waals surface area contributed by atoms with Crippen molar-refractivity contribution in [1.82, 2.24) is 9.80 Å². The summed E-state index contributed by atoms with van der Waals surface area (Å²) in [5.74, 6) is -0.929. The quantitative estimate of drug-likeness (QED) is 0.667. The molecule has 0 spiro atoms. The van der Waals surface area contributed by atoms with E-state index in [-0.39, 0.29) is 0 Å². The predicted molar refractivity (Wildman–Crippen MR) is 73.5 cm³/mol. The van der Waals surface area contributed by atoms with Gasteiger partial charge < -0.3 is 15.5 Å². The SMILES string of the molecule is CCN1CCN(Cc2cc(Cl)ccc2N)C(=O)C1=O. The van der Waals surface area contributed by atoms with Gasteiger partial charge in [-0.3, -0.25) is 9.59 Å². The largest absolute Gasteiger partial charge is 0.398 e. The zero-order chi connectivity index (χ0) is 14.0. The number of nitrogen functional groups attached to an aromatic ring is 1. The van der Waals surface area contributed by atoms with E-state index in [0.29, 0.717) is 36.9 Å². The molecule has 0 aliphatic carbocycles. The summed E-state index contributed by atoms with van der Waals surface area (Å²) >= 11 is 5.91. The van der Waals surface area contributed by atoms with Gasteiger partial charge in [0.25, 0.3) is 0 Å². The summed E-state index contributed by atoms with van der Waals surface area (Å²) in [6.07, 6.45) is 0. The number of hydrogen-bond donors (Lipinski definition) is 1. The van der Waals surface area contributed by atoms with E-state index in [1.54, 1.807) is 23.1 Å². The maximum Gasteiger partial charge on any atom is 0.312 e. The number of carbonyl (C=O) groups is 2. The van der Waals surface area contributed by atoms with E-state index in [9.17, 15) is 9.59 Å². The third-order valence-electron chi connectivity index (χ3n) is 3.25. The molecule has 0 atom stereocenters. The molecule has 6 heteroatoms. The summed E-state index contributed by atoms with van der Waals surface area (Å²) in [4.78, 5) is 26.8. The van der Waals surface area contributed by atoms with Crippen LogP contribution >= 0.6 is 11.6 Å². The molecular formula is C13H16ClN3O2. The Labute approximate surface area is 116 Å². The summed E-state index contributed by atoms with van der Waals surface area (Å²) in [5, 5.41) is 0.565. The minimum Gasteiger partial charge on any atom is -0.398 e. The van der Waals surface area contributed by atoms with Gasteiger partial charge in [-0.2, -0.15) is 0 Å². The molecule has 0 unspecified atom stereocenters. The second-order valence-corrected chi connectivity index (χ2v) is 4.89. The van der Waals surface area contributed by atoms with Crippen LogP contribution in [0.2, 0.25) is 5.02 Å². The van der Waals surface area contributed by atoms with E-state index in [2.05, 4.69) is 0 Å². The highest BCUT2D eigenvalue weighted by molar-refractivity contribution is 6.35. The topological polar surface area (TPSA) is 66.6 Å². The summed E-state index contributed by atoms with van der Waals surface area (Å²) in [6, 6.07) is 5.12. The Hall–Kier alpha value is -1.75. The number of hydrogen-bond acceptors (Lipinski definition) is 3. The van der Waals surface area contributed by atoms with Gasteiger partial charge in [0.15, 0.2) is 0 Å². The van der Waals surface area contributed by atoms with Crippen LogP contribution in [0.5, 0.6) is 0 Å². The fourth-order valence-electron chi connectivity index (χ4n) is 2.08. The number of benzene rings is 1. The van der Waals surface area contributed by atoms with Crippen LogP contribution in [0.1, 0.15) is 12.5 Å². The second kappa shape index (κ2) is 5.48. The first-order chi connectivity index (χ1) is 9.02.